The molecule has 1 aromatic heterocycles. The first-order chi connectivity index (χ1) is 21.3. The van der Waals surface area contributed by atoms with E-state index in [4.69, 9.17) is 19.7 Å². The van der Waals surface area contributed by atoms with Crippen molar-refractivity contribution in [3.8, 4) is 5.75 Å². The third-order valence-corrected chi connectivity index (χ3v) is 8.69. The standard InChI is InChI=1S/C29H21N5S.C7H8O/c1-2-9-19(10-3-1)25-22-15-14-18-8-4-5-11-21(18)26(22)34-28(33-25)27-30-16-20(17-31-27)29-32-23-12-6-7-13-24(23)35-29;1-8-7-5-3-2-4-6-7/h1-17,25,29,32H,(H,33,34);2-6H,1H3. The molecular formula is C36H29N5OS. The van der Waals surface area contributed by atoms with Crippen molar-refractivity contribution >= 4 is 39.7 Å². The van der Waals surface area contributed by atoms with Gasteiger partial charge in [-0.25, -0.2) is 9.97 Å². The fraction of sp³-hybridized carbons (Fsp3) is 0.0833. The molecule has 6 nitrogen and oxygen atoms in total. The summed E-state index contributed by atoms with van der Waals surface area (Å²) in [5, 5.41) is 9.57. The summed E-state index contributed by atoms with van der Waals surface area (Å²) in [6, 6.07) is 41.1. The van der Waals surface area contributed by atoms with Crippen LogP contribution in [0.5, 0.6) is 5.75 Å². The van der Waals surface area contributed by atoms with Crippen molar-refractivity contribution in [2.75, 3.05) is 17.7 Å². The Labute approximate surface area is 254 Å². The van der Waals surface area contributed by atoms with Gasteiger partial charge in [0, 0.05) is 39.5 Å². The van der Waals surface area contributed by atoms with E-state index in [0.29, 0.717) is 11.7 Å². The minimum atomic E-state index is -0.128. The third-order valence-electron chi connectivity index (χ3n) is 7.46. The van der Waals surface area contributed by atoms with Crippen LogP contribution in [0.4, 0.5) is 11.4 Å². The van der Waals surface area contributed by atoms with E-state index >= 15 is 0 Å². The monoisotopic (exact) mass is 579 g/mol. The summed E-state index contributed by atoms with van der Waals surface area (Å²) >= 11 is 1.78. The first-order valence-electron chi connectivity index (χ1n) is 14.1. The van der Waals surface area contributed by atoms with Gasteiger partial charge in [-0.15, -0.1) is 0 Å². The molecule has 0 radical (unpaired) electrons. The topological polar surface area (TPSA) is 71.4 Å². The predicted molar refractivity (Wildman–Crippen MR) is 176 cm³/mol. The van der Waals surface area contributed by atoms with Gasteiger partial charge in [-0.1, -0.05) is 109 Å². The Kier molecular flexibility index (Phi) is 7.46. The van der Waals surface area contributed by atoms with Crippen molar-refractivity contribution in [3.05, 3.63) is 156 Å². The van der Waals surface area contributed by atoms with Crippen molar-refractivity contribution in [1.29, 1.82) is 0 Å². The molecule has 2 aliphatic rings. The molecular weight excluding hydrogens is 550 g/mol. The number of hydrogen-bond donors (Lipinski definition) is 2. The Morgan fingerprint density at radius 3 is 2.14 bits per heavy atom. The lowest BCUT2D eigenvalue weighted by Crippen LogP contribution is -2.24. The van der Waals surface area contributed by atoms with Gasteiger partial charge < -0.3 is 15.4 Å². The molecule has 0 bridgehead atoms. The minimum absolute atomic E-state index is 0.101. The molecule has 2 N–H and O–H groups in total. The smallest absolute Gasteiger partial charge is 0.195 e. The van der Waals surface area contributed by atoms with E-state index < -0.39 is 0 Å². The number of aliphatic imine (C=N–C) groups is 1. The van der Waals surface area contributed by atoms with Gasteiger partial charge in [0.05, 0.1) is 12.8 Å². The second kappa shape index (κ2) is 12.0. The summed E-state index contributed by atoms with van der Waals surface area (Å²) in [5.41, 5.74) is 5.55. The molecule has 210 valence electrons. The summed E-state index contributed by atoms with van der Waals surface area (Å²) in [6.07, 6.45) is 3.80. The Morgan fingerprint density at radius 2 is 1.40 bits per heavy atom. The molecule has 0 spiro atoms. The molecule has 0 saturated carbocycles. The molecule has 0 aliphatic carbocycles. The molecule has 0 saturated heterocycles. The predicted octanol–water partition coefficient (Wildman–Crippen LogP) is 8.50. The lowest BCUT2D eigenvalue weighted by molar-refractivity contribution is 0.415. The second-order valence-corrected chi connectivity index (χ2v) is 11.3. The minimum Gasteiger partial charge on any atom is -0.497 e. The number of nitrogens with zero attached hydrogens (tertiary/aromatic N) is 3. The number of aromatic nitrogens is 2. The van der Waals surface area contributed by atoms with Gasteiger partial charge in [0.15, 0.2) is 11.7 Å². The lowest BCUT2D eigenvalue weighted by atomic mass is 9.93. The Balaban J connectivity index is 0.000000328. The van der Waals surface area contributed by atoms with Crippen LogP contribution in [0.2, 0.25) is 0 Å². The average Bonchev–Trinajstić information content (AvgIpc) is 3.53. The van der Waals surface area contributed by atoms with E-state index in [9.17, 15) is 0 Å². The first kappa shape index (κ1) is 26.7. The first-order valence-corrected chi connectivity index (χ1v) is 15.0. The van der Waals surface area contributed by atoms with Crippen molar-refractivity contribution in [1.82, 2.24) is 9.97 Å². The van der Waals surface area contributed by atoms with E-state index in [0.717, 1.165) is 33.8 Å². The number of nitrogens with one attached hydrogen (secondary N) is 2. The third kappa shape index (κ3) is 5.55. The van der Waals surface area contributed by atoms with Crippen molar-refractivity contribution < 1.29 is 4.74 Å². The number of amidine groups is 1. The Bertz CT molecular complexity index is 1870. The molecule has 0 fully saturated rings. The largest absolute Gasteiger partial charge is 0.497 e. The molecule has 2 unspecified atom stereocenters. The number of fused-ring (bicyclic) bond motifs is 4. The molecule has 8 rings (SSSR count). The maximum absolute atomic E-state index is 5.09. The van der Waals surface area contributed by atoms with E-state index in [1.807, 2.05) is 54.9 Å². The quantitative estimate of drug-likeness (QED) is 0.218. The highest BCUT2D eigenvalue weighted by atomic mass is 32.2. The zero-order valence-electron chi connectivity index (χ0n) is 23.5. The molecule has 6 aromatic rings. The van der Waals surface area contributed by atoms with Crippen LogP contribution >= 0.6 is 11.8 Å². The molecule has 43 heavy (non-hydrogen) atoms. The number of thioether (sulfide) groups is 1. The number of benzene rings is 5. The highest BCUT2D eigenvalue weighted by Gasteiger charge is 2.27. The van der Waals surface area contributed by atoms with Gasteiger partial charge >= 0.3 is 0 Å². The summed E-state index contributed by atoms with van der Waals surface area (Å²) in [4.78, 5) is 15.8. The SMILES string of the molecule is COc1ccccc1.c1ccc(C2N=C(c3ncc(C4Nc5ccccc5S4)cn3)Nc3c2ccc2ccccc32)cc1. The van der Waals surface area contributed by atoms with Crippen molar-refractivity contribution in [2.45, 2.75) is 16.3 Å². The Hall–Kier alpha value is -5.14. The van der Waals surface area contributed by atoms with Gasteiger partial charge in [-0.05, 0) is 35.2 Å². The number of rotatable bonds is 4. The zero-order chi connectivity index (χ0) is 29.0. The lowest BCUT2D eigenvalue weighted by Gasteiger charge is -2.26. The van der Waals surface area contributed by atoms with Crippen LogP contribution in [0, 0.1) is 0 Å². The van der Waals surface area contributed by atoms with Crippen LogP contribution < -0.4 is 15.4 Å². The number of hydrogen-bond acceptors (Lipinski definition) is 7. The highest BCUT2D eigenvalue weighted by molar-refractivity contribution is 8.00. The fourth-order valence-electron chi connectivity index (χ4n) is 5.30. The van der Waals surface area contributed by atoms with Gasteiger partial charge in [0.1, 0.15) is 17.2 Å². The maximum Gasteiger partial charge on any atom is 0.195 e. The van der Waals surface area contributed by atoms with Gasteiger partial charge in [-0.3, -0.25) is 4.99 Å². The zero-order valence-corrected chi connectivity index (χ0v) is 24.3. The van der Waals surface area contributed by atoms with Crippen LogP contribution in [-0.2, 0) is 0 Å². The van der Waals surface area contributed by atoms with Crippen molar-refractivity contribution in [2.24, 2.45) is 4.99 Å². The van der Waals surface area contributed by atoms with Gasteiger partial charge in [0.25, 0.3) is 0 Å². The molecule has 3 heterocycles. The van der Waals surface area contributed by atoms with Crippen LogP contribution in [0.25, 0.3) is 10.8 Å². The summed E-state index contributed by atoms with van der Waals surface area (Å²) in [5.74, 6) is 2.19. The van der Waals surface area contributed by atoms with Crippen LogP contribution in [0.1, 0.15) is 33.9 Å². The molecule has 2 aliphatic heterocycles. The second-order valence-electron chi connectivity index (χ2n) is 10.2. The average molecular weight is 580 g/mol. The number of ether oxygens (including phenoxy) is 1. The summed E-state index contributed by atoms with van der Waals surface area (Å²) in [6.45, 7) is 0. The summed E-state index contributed by atoms with van der Waals surface area (Å²) < 4.78 is 4.91. The number of anilines is 2. The van der Waals surface area contributed by atoms with E-state index in [1.54, 1.807) is 18.9 Å². The fourth-order valence-corrected chi connectivity index (χ4v) is 6.41. The van der Waals surface area contributed by atoms with Crippen LogP contribution in [-0.4, -0.2) is 22.9 Å². The van der Waals surface area contributed by atoms with Crippen molar-refractivity contribution in [3.63, 3.8) is 0 Å². The molecule has 2 atom stereocenters. The van der Waals surface area contributed by atoms with Gasteiger partial charge in [0.2, 0.25) is 0 Å². The van der Waals surface area contributed by atoms with E-state index in [-0.39, 0.29) is 11.4 Å². The normalized spacial score (nSPS) is 16.4. The van der Waals surface area contributed by atoms with Crippen LogP contribution in [0.3, 0.4) is 0 Å². The van der Waals surface area contributed by atoms with E-state index in [1.165, 1.54) is 15.7 Å². The number of para-hydroxylation sites is 2. The maximum atomic E-state index is 5.09. The summed E-state index contributed by atoms with van der Waals surface area (Å²) in [7, 11) is 1.66. The van der Waals surface area contributed by atoms with Crippen LogP contribution in [0.15, 0.2) is 144 Å². The Morgan fingerprint density at radius 1 is 0.698 bits per heavy atom. The highest BCUT2D eigenvalue weighted by Crippen LogP contribution is 2.46. The number of methoxy groups -OCH3 is 1. The van der Waals surface area contributed by atoms with Gasteiger partial charge in [-0.2, -0.15) is 0 Å². The molecule has 5 aromatic carbocycles. The molecule has 0 amide bonds. The van der Waals surface area contributed by atoms with E-state index in [2.05, 4.69) is 89.5 Å². The molecule has 7 heteroatoms.